The molecule has 3 N–H and O–H groups in total. The molecule has 0 saturated heterocycles. The molecule has 0 heterocycles. The molecule has 0 saturated carbocycles. The topological polar surface area (TPSA) is 72.2 Å². The van der Waals surface area contributed by atoms with Gasteiger partial charge in [-0.3, -0.25) is 0 Å². The first kappa shape index (κ1) is 14.8. The van der Waals surface area contributed by atoms with Crippen LogP contribution in [0.2, 0.25) is 5.02 Å². The monoisotopic (exact) mass is 310 g/mol. The maximum absolute atomic E-state index is 11.5. The van der Waals surface area contributed by atoms with E-state index in [1.807, 2.05) is 24.3 Å². The van der Waals surface area contributed by atoms with Crippen LogP contribution in [0, 0.1) is 6.92 Å². The van der Waals surface area contributed by atoms with Gasteiger partial charge < -0.3 is 5.32 Å². The van der Waals surface area contributed by atoms with Crippen LogP contribution in [0.5, 0.6) is 0 Å². The minimum absolute atomic E-state index is 0.127. The molecule has 4 nitrogen and oxygen atoms in total. The van der Waals surface area contributed by atoms with E-state index in [-0.39, 0.29) is 4.90 Å². The number of nitrogens with two attached hydrogens (primary N) is 1. The second-order valence-corrected chi connectivity index (χ2v) is 6.36. The minimum atomic E-state index is -3.71. The summed E-state index contributed by atoms with van der Waals surface area (Å²) < 4.78 is 22.9. The summed E-state index contributed by atoms with van der Waals surface area (Å²) in [4.78, 5) is 0.127. The molecule has 2 rings (SSSR count). The molecule has 0 aromatic heterocycles. The molecule has 0 radical (unpaired) electrons. The maximum atomic E-state index is 11.5. The molecule has 106 valence electrons. The molecule has 2 aromatic carbocycles. The van der Waals surface area contributed by atoms with Gasteiger partial charge in [-0.15, -0.1) is 0 Å². The number of primary sulfonamides is 1. The van der Waals surface area contributed by atoms with E-state index >= 15 is 0 Å². The van der Waals surface area contributed by atoms with Crippen LogP contribution < -0.4 is 10.5 Å². The summed E-state index contributed by atoms with van der Waals surface area (Å²) in [5, 5.41) is 9.03. The molecule has 0 spiro atoms. The van der Waals surface area contributed by atoms with Gasteiger partial charge in [-0.05, 0) is 36.2 Å². The quantitative estimate of drug-likeness (QED) is 0.912. The number of halogens is 1. The highest BCUT2D eigenvalue weighted by atomic mass is 35.5. The van der Waals surface area contributed by atoms with E-state index in [2.05, 4.69) is 5.32 Å². The van der Waals surface area contributed by atoms with E-state index in [9.17, 15) is 8.42 Å². The Morgan fingerprint density at radius 2 is 1.85 bits per heavy atom. The fourth-order valence-corrected chi connectivity index (χ4v) is 2.95. The summed E-state index contributed by atoms with van der Waals surface area (Å²) in [6.45, 7) is 2.23. The predicted molar refractivity (Wildman–Crippen MR) is 81.3 cm³/mol. The summed E-state index contributed by atoms with van der Waals surface area (Å²) in [7, 11) is -3.71. The first-order valence-electron chi connectivity index (χ1n) is 5.99. The maximum Gasteiger partial charge on any atom is 0.238 e. The smallest absolute Gasteiger partial charge is 0.238 e. The number of benzene rings is 2. The molecule has 0 atom stereocenters. The normalized spacial score (nSPS) is 11.3. The Bertz CT molecular complexity index is 730. The first-order valence-corrected chi connectivity index (χ1v) is 7.91. The molecule has 0 amide bonds. The van der Waals surface area contributed by atoms with E-state index in [0.29, 0.717) is 17.1 Å². The fourth-order valence-electron chi connectivity index (χ4n) is 1.95. The lowest BCUT2D eigenvalue weighted by Gasteiger charge is -2.13. The number of hydrogen-bond donors (Lipinski definition) is 2. The molecule has 2 aromatic rings. The molecule has 6 heteroatoms. The highest BCUT2D eigenvalue weighted by Crippen LogP contribution is 2.23. The Morgan fingerprint density at radius 1 is 1.15 bits per heavy atom. The van der Waals surface area contributed by atoms with Gasteiger partial charge in [0.1, 0.15) is 0 Å². The molecule has 0 fully saturated rings. The van der Waals surface area contributed by atoms with Gasteiger partial charge in [0.25, 0.3) is 0 Å². The number of rotatable bonds is 4. The average molecular weight is 311 g/mol. The fraction of sp³-hybridized carbons (Fsp3) is 0.143. The van der Waals surface area contributed by atoms with Crippen LogP contribution in [0.3, 0.4) is 0 Å². The lowest BCUT2D eigenvalue weighted by molar-refractivity contribution is 0.597. The van der Waals surface area contributed by atoms with E-state index in [0.717, 1.165) is 11.3 Å². The van der Waals surface area contributed by atoms with Crippen molar-refractivity contribution >= 4 is 27.3 Å². The number of anilines is 1. The molecule has 0 aliphatic heterocycles. The van der Waals surface area contributed by atoms with Crippen LogP contribution in [0.1, 0.15) is 11.1 Å². The van der Waals surface area contributed by atoms with Crippen molar-refractivity contribution in [3.05, 3.63) is 58.6 Å². The summed E-state index contributed by atoms with van der Waals surface area (Å²) in [6.07, 6.45) is 0. The molecular weight excluding hydrogens is 296 g/mol. The van der Waals surface area contributed by atoms with Crippen molar-refractivity contribution in [3.8, 4) is 0 Å². The van der Waals surface area contributed by atoms with Crippen molar-refractivity contribution in [2.24, 2.45) is 5.14 Å². The third-order valence-electron chi connectivity index (χ3n) is 3.02. The third-order valence-corrected chi connectivity index (χ3v) is 4.44. The lowest BCUT2D eigenvalue weighted by Crippen LogP contribution is -2.14. The lowest BCUT2D eigenvalue weighted by atomic mass is 10.1. The van der Waals surface area contributed by atoms with Crippen LogP contribution in [0.15, 0.2) is 47.4 Å². The van der Waals surface area contributed by atoms with Crippen LogP contribution in [0.4, 0.5) is 5.69 Å². The predicted octanol–water partition coefficient (Wildman–Crippen LogP) is 2.91. The number of nitrogens with one attached hydrogen (secondary N) is 1. The average Bonchev–Trinajstić information content (AvgIpc) is 2.38. The third kappa shape index (κ3) is 3.30. The van der Waals surface area contributed by atoms with Crippen molar-refractivity contribution in [1.82, 2.24) is 0 Å². The van der Waals surface area contributed by atoms with Crippen LogP contribution in [-0.2, 0) is 16.6 Å². The standard InChI is InChI=1S/C14H15ClN2O2S/c1-10-13(7-4-8-14(10)20(16,18)19)17-9-11-5-2-3-6-12(11)15/h2-8,17H,9H2,1H3,(H2,16,18,19). The zero-order valence-corrected chi connectivity index (χ0v) is 12.5. The highest BCUT2D eigenvalue weighted by molar-refractivity contribution is 7.89. The van der Waals surface area contributed by atoms with Crippen LogP contribution in [-0.4, -0.2) is 8.42 Å². The van der Waals surface area contributed by atoms with Crippen LogP contribution >= 0.6 is 11.6 Å². The summed E-state index contributed by atoms with van der Waals surface area (Å²) in [5.41, 5.74) is 2.26. The van der Waals surface area contributed by atoms with Gasteiger partial charge in [0.15, 0.2) is 0 Å². The number of hydrogen-bond acceptors (Lipinski definition) is 3. The highest BCUT2D eigenvalue weighted by Gasteiger charge is 2.13. The van der Waals surface area contributed by atoms with Crippen LogP contribution in [0.25, 0.3) is 0 Å². The van der Waals surface area contributed by atoms with Gasteiger partial charge in [0.05, 0.1) is 4.90 Å². The van der Waals surface area contributed by atoms with Gasteiger partial charge >= 0.3 is 0 Å². The van der Waals surface area contributed by atoms with Crippen molar-refractivity contribution in [2.45, 2.75) is 18.4 Å². The second kappa shape index (κ2) is 5.83. The van der Waals surface area contributed by atoms with Crippen molar-refractivity contribution < 1.29 is 8.42 Å². The minimum Gasteiger partial charge on any atom is -0.381 e. The zero-order valence-electron chi connectivity index (χ0n) is 10.9. The zero-order chi connectivity index (χ0) is 14.8. The van der Waals surface area contributed by atoms with Crippen molar-refractivity contribution in [2.75, 3.05) is 5.32 Å². The van der Waals surface area contributed by atoms with Crippen molar-refractivity contribution in [3.63, 3.8) is 0 Å². The van der Waals surface area contributed by atoms with E-state index in [1.165, 1.54) is 6.07 Å². The van der Waals surface area contributed by atoms with Gasteiger partial charge in [-0.1, -0.05) is 35.9 Å². The number of sulfonamides is 1. The van der Waals surface area contributed by atoms with E-state index in [4.69, 9.17) is 16.7 Å². The van der Waals surface area contributed by atoms with Gasteiger partial charge in [0, 0.05) is 17.3 Å². The first-order chi connectivity index (χ1) is 9.39. The molecular formula is C14H15ClN2O2S. The van der Waals surface area contributed by atoms with Gasteiger partial charge in [-0.25, -0.2) is 13.6 Å². The van der Waals surface area contributed by atoms with Gasteiger partial charge in [0.2, 0.25) is 10.0 Å². The Morgan fingerprint density at radius 3 is 2.50 bits per heavy atom. The summed E-state index contributed by atoms with van der Waals surface area (Å²) in [5.74, 6) is 0. The summed E-state index contributed by atoms with van der Waals surface area (Å²) in [6, 6.07) is 12.4. The molecule has 0 unspecified atom stereocenters. The molecule has 0 aliphatic rings. The largest absolute Gasteiger partial charge is 0.381 e. The molecule has 20 heavy (non-hydrogen) atoms. The Balaban J connectivity index is 2.25. The molecule has 0 aliphatic carbocycles. The van der Waals surface area contributed by atoms with E-state index < -0.39 is 10.0 Å². The Labute approximate surface area is 123 Å². The SMILES string of the molecule is Cc1c(NCc2ccccc2Cl)cccc1S(N)(=O)=O. The molecule has 0 bridgehead atoms. The summed E-state index contributed by atoms with van der Waals surface area (Å²) >= 11 is 6.08. The van der Waals surface area contributed by atoms with Gasteiger partial charge in [-0.2, -0.15) is 0 Å². The van der Waals surface area contributed by atoms with E-state index in [1.54, 1.807) is 19.1 Å². The second-order valence-electron chi connectivity index (χ2n) is 4.42. The Hall–Kier alpha value is -1.56. The Kier molecular flexibility index (Phi) is 4.32. The van der Waals surface area contributed by atoms with Crippen molar-refractivity contribution in [1.29, 1.82) is 0 Å².